The van der Waals surface area contributed by atoms with Crippen LogP contribution in [0.5, 0.6) is 5.88 Å². The molecule has 210 valence electrons. The molecule has 2 atom stereocenters. The number of hydrogen-bond acceptors (Lipinski definition) is 8. The van der Waals surface area contributed by atoms with Gasteiger partial charge in [-0.1, -0.05) is 30.3 Å². The summed E-state index contributed by atoms with van der Waals surface area (Å²) >= 11 is 0. The minimum absolute atomic E-state index is 0.0602. The summed E-state index contributed by atoms with van der Waals surface area (Å²) in [5.74, 6) is 0.352. The van der Waals surface area contributed by atoms with E-state index >= 15 is 0 Å². The maximum Gasteiger partial charge on any atom is 0.251 e. The van der Waals surface area contributed by atoms with Crippen molar-refractivity contribution in [3.05, 3.63) is 53.6 Å². The molecule has 0 saturated heterocycles. The van der Waals surface area contributed by atoms with E-state index in [2.05, 4.69) is 15.6 Å². The van der Waals surface area contributed by atoms with Crippen LogP contribution in [0.1, 0.15) is 42.6 Å². The normalized spacial score (nSPS) is 15.2. The largest absolute Gasteiger partial charge is 0.475 e. The molecule has 2 aromatic rings. The van der Waals surface area contributed by atoms with Crippen LogP contribution in [0.15, 0.2) is 42.5 Å². The third kappa shape index (κ3) is 8.65. The molecule has 38 heavy (non-hydrogen) atoms. The number of methoxy groups -OCH3 is 1. The quantitative estimate of drug-likeness (QED) is 0.272. The molecular formula is C27H40N4O6S. The first-order valence-corrected chi connectivity index (χ1v) is 14.5. The third-order valence-electron chi connectivity index (χ3n) is 6.45. The molecule has 10 nitrogen and oxygen atoms in total. The molecule has 1 aromatic heterocycles. The van der Waals surface area contributed by atoms with Crippen molar-refractivity contribution in [3.63, 3.8) is 0 Å². The van der Waals surface area contributed by atoms with Gasteiger partial charge in [0.15, 0.2) is 0 Å². The molecule has 1 aliphatic carbocycles. The van der Waals surface area contributed by atoms with Crippen LogP contribution in [0, 0.1) is 5.92 Å². The average Bonchev–Trinajstić information content (AvgIpc) is 3.72. The van der Waals surface area contributed by atoms with Gasteiger partial charge >= 0.3 is 0 Å². The Hall–Kier alpha value is -2.73. The van der Waals surface area contributed by atoms with Gasteiger partial charge in [0.2, 0.25) is 15.9 Å². The number of carbonyl (C=O) groups is 1. The summed E-state index contributed by atoms with van der Waals surface area (Å²) in [5.41, 5.74) is 1.14. The van der Waals surface area contributed by atoms with Crippen molar-refractivity contribution in [2.24, 2.45) is 5.92 Å². The highest BCUT2D eigenvalue weighted by atomic mass is 32.2. The number of ether oxygens (including phenoxy) is 2. The van der Waals surface area contributed by atoms with E-state index in [4.69, 9.17) is 9.47 Å². The van der Waals surface area contributed by atoms with E-state index in [1.807, 2.05) is 30.3 Å². The van der Waals surface area contributed by atoms with Crippen LogP contribution in [0.25, 0.3) is 0 Å². The van der Waals surface area contributed by atoms with Crippen molar-refractivity contribution >= 4 is 21.7 Å². The molecule has 0 aliphatic heterocycles. The summed E-state index contributed by atoms with van der Waals surface area (Å²) < 4.78 is 37.3. The lowest BCUT2D eigenvalue weighted by atomic mass is 10.0. The van der Waals surface area contributed by atoms with Crippen molar-refractivity contribution in [2.75, 3.05) is 44.8 Å². The second-order valence-electron chi connectivity index (χ2n) is 9.89. The van der Waals surface area contributed by atoms with Crippen molar-refractivity contribution in [3.8, 4) is 5.88 Å². The molecule has 1 saturated carbocycles. The molecule has 0 bridgehead atoms. The predicted octanol–water partition coefficient (Wildman–Crippen LogP) is 1.98. The molecule has 3 N–H and O–H groups in total. The van der Waals surface area contributed by atoms with E-state index in [0.717, 1.165) is 16.4 Å². The number of carbonyl (C=O) groups excluding carboxylic acids is 1. The average molecular weight is 549 g/mol. The number of amides is 1. The predicted molar refractivity (Wildman–Crippen MR) is 147 cm³/mol. The van der Waals surface area contributed by atoms with Gasteiger partial charge in [0, 0.05) is 32.3 Å². The van der Waals surface area contributed by atoms with Gasteiger partial charge < -0.3 is 25.2 Å². The molecule has 3 rings (SSSR count). The van der Waals surface area contributed by atoms with E-state index in [9.17, 15) is 18.3 Å². The zero-order chi connectivity index (χ0) is 27.7. The number of aliphatic hydroxyl groups excluding tert-OH is 1. The molecule has 1 aromatic carbocycles. The monoisotopic (exact) mass is 548 g/mol. The number of aromatic nitrogens is 1. The third-order valence-corrected chi connectivity index (χ3v) is 8.59. The Balaban J connectivity index is 1.84. The fourth-order valence-corrected chi connectivity index (χ4v) is 4.82. The number of nitrogens with one attached hydrogen (secondary N) is 2. The van der Waals surface area contributed by atoms with E-state index < -0.39 is 33.3 Å². The maximum atomic E-state index is 13.5. The minimum atomic E-state index is -3.69. The second kappa shape index (κ2) is 13.9. The van der Waals surface area contributed by atoms with Crippen LogP contribution in [0.4, 0.5) is 5.82 Å². The first-order valence-electron chi connectivity index (χ1n) is 13.0. The van der Waals surface area contributed by atoms with Gasteiger partial charge in [0.05, 0.1) is 24.0 Å². The highest BCUT2D eigenvalue weighted by molar-refractivity contribution is 7.93. The molecule has 1 fully saturated rings. The number of aliphatic hydroxyl groups is 1. The molecule has 1 aliphatic rings. The van der Waals surface area contributed by atoms with Crippen LogP contribution in [-0.2, 0) is 21.2 Å². The van der Waals surface area contributed by atoms with Crippen LogP contribution < -0.4 is 19.7 Å². The number of anilines is 1. The number of sulfonamides is 1. The standard InChI is InChI=1S/C27H40N4O6S/c1-19(2)38(34,35)31(3)25-15-22(16-26(30-25)37-13-12-36-4)27(33)29-23(14-20-8-6-5-7-9-20)24(32)18-28-17-21-10-11-21/h5-9,15-16,19,21,23-24,28,32H,10-14,17-18H2,1-4H3,(H,29,33)/t23-,24+/m0/s1. The smallest absolute Gasteiger partial charge is 0.251 e. The Morgan fingerprint density at radius 3 is 2.53 bits per heavy atom. The lowest BCUT2D eigenvalue weighted by Gasteiger charge is -2.26. The molecule has 11 heteroatoms. The number of rotatable bonds is 16. The van der Waals surface area contributed by atoms with E-state index in [1.54, 1.807) is 13.8 Å². The highest BCUT2D eigenvalue weighted by Crippen LogP contribution is 2.27. The number of benzene rings is 1. The fourth-order valence-electron chi connectivity index (χ4n) is 3.84. The lowest BCUT2D eigenvalue weighted by molar-refractivity contribution is 0.0829. The molecule has 0 radical (unpaired) electrons. The van der Waals surface area contributed by atoms with Crippen molar-refractivity contribution in [1.29, 1.82) is 0 Å². The zero-order valence-electron chi connectivity index (χ0n) is 22.6. The van der Waals surface area contributed by atoms with Gasteiger partial charge in [-0.15, -0.1) is 0 Å². The fraction of sp³-hybridized carbons (Fsp3) is 0.556. The summed E-state index contributed by atoms with van der Waals surface area (Å²) in [5, 5.41) is 16.6. The summed E-state index contributed by atoms with van der Waals surface area (Å²) in [7, 11) is -0.764. The van der Waals surface area contributed by atoms with Crippen LogP contribution >= 0.6 is 0 Å². The first kappa shape index (κ1) is 29.8. The van der Waals surface area contributed by atoms with Crippen LogP contribution in [0.3, 0.4) is 0 Å². The second-order valence-corrected chi connectivity index (χ2v) is 12.4. The Morgan fingerprint density at radius 1 is 1.18 bits per heavy atom. The number of nitrogens with zero attached hydrogens (tertiary/aromatic N) is 2. The van der Waals surface area contributed by atoms with Crippen molar-refractivity contribution < 1.29 is 27.8 Å². The zero-order valence-corrected chi connectivity index (χ0v) is 23.4. The SMILES string of the molecule is COCCOc1cc(C(=O)N[C@@H](Cc2ccccc2)[C@H](O)CNCC2CC2)cc(N(C)S(=O)(=O)C(C)C)n1. The first-order chi connectivity index (χ1) is 18.1. The van der Waals surface area contributed by atoms with Gasteiger partial charge in [-0.05, 0) is 57.2 Å². The topological polar surface area (TPSA) is 130 Å². The summed E-state index contributed by atoms with van der Waals surface area (Å²) in [6.45, 7) is 4.81. The number of pyridine rings is 1. The lowest BCUT2D eigenvalue weighted by Crippen LogP contribution is -2.49. The van der Waals surface area contributed by atoms with Gasteiger partial charge in [0.25, 0.3) is 5.91 Å². The Labute approximate surface area is 225 Å². The maximum absolute atomic E-state index is 13.5. The molecule has 0 unspecified atom stereocenters. The molecular weight excluding hydrogens is 508 g/mol. The van der Waals surface area contributed by atoms with Gasteiger partial charge in [-0.25, -0.2) is 8.42 Å². The Bertz CT molecular complexity index is 1140. The summed E-state index contributed by atoms with van der Waals surface area (Å²) in [4.78, 5) is 17.8. The van der Waals surface area contributed by atoms with E-state index in [-0.39, 0.29) is 23.9 Å². The molecule has 0 spiro atoms. The summed E-state index contributed by atoms with van der Waals surface area (Å²) in [6.07, 6.45) is 2.00. The van der Waals surface area contributed by atoms with Crippen LogP contribution in [-0.4, -0.2) is 82.3 Å². The van der Waals surface area contributed by atoms with Crippen molar-refractivity contribution in [2.45, 2.75) is 50.5 Å². The van der Waals surface area contributed by atoms with Gasteiger partial charge in [0.1, 0.15) is 12.4 Å². The summed E-state index contributed by atoms with van der Waals surface area (Å²) in [6, 6.07) is 11.9. The van der Waals surface area contributed by atoms with E-state index in [1.165, 1.54) is 39.1 Å². The van der Waals surface area contributed by atoms with Gasteiger partial charge in [-0.3, -0.25) is 9.10 Å². The molecule has 1 heterocycles. The van der Waals surface area contributed by atoms with Crippen molar-refractivity contribution in [1.82, 2.24) is 15.6 Å². The molecule has 1 amide bonds. The van der Waals surface area contributed by atoms with Crippen LogP contribution in [0.2, 0.25) is 0 Å². The number of hydrogen-bond donors (Lipinski definition) is 3. The van der Waals surface area contributed by atoms with Gasteiger partial charge in [-0.2, -0.15) is 4.98 Å². The minimum Gasteiger partial charge on any atom is -0.475 e. The van der Waals surface area contributed by atoms with E-state index in [0.29, 0.717) is 25.5 Å². The Morgan fingerprint density at radius 2 is 1.89 bits per heavy atom. The Kier molecular flexibility index (Phi) is 10.9. The highest BCUT2D eigenvalue weighted by Gasteiger charge is 2.27.